The summed E-state index contributed by atoms with van der Waals surface area (Å²) in [6, 6.07) is 6.82. The Hall–Kier alpha value is -3.79. The number of fused-ring (bicyclic) bond motifs is 1. The quantitative estimate of drug-likeness (QED) is 0.464. The van der Waals surface area contributed by atoms with Gasteiger partial charge in [0, 0.05) is 19.3 Å². The van der Waals surface area contributed by atoms with Crippen molar-refractivity contribution >= 4 is 11.9 Å². The Morgan fingerprint density at radius 1 is 1.13 bits per heavy atom. The molecule has 7 nitrogen and oxygen atoms in total. The second-order valence-corrected chi connectivity index (χ2v) is 10.1. The largest absolute Gasteiger partial charge is 0.506 e. The number of aryl methyl sites for hydroxylation is 1. The summed E-state index contributed by atoms with van der Waals surface area (Å²) in [6.45, 7) is 3.22. The SMILES string of the molecule is Cc1cn(-c2ccc(/C=C3\CCCN4C3=NOC3(CCCOC3)[C@@H]4c3cc(F)c(F)c(F)c3)cc2O)cn1. The van der Waals surface area contributed by atoms with E-state index in [-0.39, 0.29) is 17.9 Å². The molecule has 2 fully saturated rings. The van der Waals surface area contributed by atoms with Crippen molar-refractivity contribution in [3.63, 3.8) is 0 Å². The summed E-state index contributed by atoms with van der Waals surface area (Å²) in [5, 5.41) is 15.2. The number of benzene rings is 2. The third-order valence-electron chi connectivity index (χ3n) is 7.42. The highest BCUT2D eigenvalue weighted by atomic mass is 19.2. The predicted octanol–water partition coefficient (Wildman–Crippen LogP) is 5.42. The van der Waals surface area contributed by atoms with Crippen LogP contribution >= 0.6 is 0 Å². The summed E-state index contributed by atoms with van der Waals surface area (Å²) in [4.78, 5) is 12.3. The maximum atomic E-state index is 14.4. The molecule has 0 aliphatic carbocycles. The van der Waals surface area contributed by atoms with E-state index in [1.165, 1.54) is 0 Å². The molecular formula is C28H27F3N4O3. The van der Waals surface area contributed by atoms with E-state index < -0.39 is 29.1 Å². The first-order valence-corrected chi connectivity index (χ1v) is 12.6. The van der Waals surface area contributed by atoms with Crippen molar-refractivity contribution in [1.82, 2.24) is 14.5 Å². The number of nitrogens with zero attached hydrogens (tertiary/aromatic N) is 4. The molecule has 198 valence electrons. The van der Waals surface area contributed by atoms with Crippen LogP contribution in [-0.4, -0.2) is 50.8 Å². The molecule has 1 spiro atoms. The van der Waals surface area contributed by atoms with Gasteiger partial charge in [-0.05, 0) is 79.6 Å². The Balaban J connectivity index is 1.38. The van der Waals surface area contributed by atoms with E-state index in [0.29, 0.717) is 43.9 Å². The van der Waals surface area contributed by atoms with Crippen LogP contribution in [0.25, 0.3) is 11.8 Å². The van der Waals surface area contributed by atoms with E-state index in [1.54, 1.807) is 17.0 Å². The molecule has 3 aliphatic rings. The highest BCUT2D eigenvalue weighted by molar-refractivity contribution is 6.03. The molecule has 2 aromatic carbocycles. The molecule has 2 atom stereocenters. The maximum absolute atomic E-state index is 14.4. The van der Waals surface area contributed by atoms with Crippen LogP contribution < -0.4 is 0 Å². The molecule has 10 heteroatoms. The minimum atomic E-state index is -1.50. The third-order valence-corrected chi connectivity index (χ3v) is 7.42. The third kappa shape index (κ3) is 4.22. The van der Waals surface area contributed by atoms with Crippen molar-refractivity contribution in [3.05, 3.63) is 82.7 Å². The average molecular weight is 525 g/mol. The number of phenolic OH excluding ortho intramolecular Hbond substituents is 1. The molecule has 1 aromatic heterocycles. The highest BCUT2D eigenvalue weighted by Gasteiger charge is 2.52. The Morgan fingerprint density at radius 2 is 1.95 bits per heavy atom. The molecular weight excluding hydrogens is 497 g/mol. The zero-order valence-electron chi connectivity index (χ0n) is 20.8. The monoisotopic (exact) mass is 524 g/mol. The van der Waals surface area contributed by atoms with Gasteiger partial charge in [0.05, 0.1) is 24.3 Å². The number of rotatable bonds is 3. The number of aromatic hydroxyl groups is 1. The van der Waals surface area contributed by atoms with Gasteiger partial charge in [-0.25, -0.2) is 18.2 Å². The normalized spacial score (nSPS) is 24.3. The van der Waals surface area contributed by atoms with Crippen molar-refractivity contribution in [2.75, 3.05) is 19.8 Å². The van der Waals surface area contributed by atoms with Crippen molar-refractivity contribution in [2.45, 2.75) is 44.2 Å². The van der Waals surface area contributed by atoms with Gasteiger partial charge in [-0.1, -0.05) is 11.2 Å². The summed E-state index contributed by atoms with van der Waals surface area (Å²) in [5.74, 6) is -3.34. The first-order valence-electron chi connectivity index (χ1n) is 12.6. The Morgan fingerprint density at radius 3 is 2.63 bits per heavy atom. The van der Waals surface area contributed by atoms with Gasteiger partial charge in [0.1, 0.15) is 11.8 Å². The average Bonchev–Trinajstić information content (AvgIpc) is 3.33. The van der Waals surface area contributed by atoms with Gasteiger partial charge in [-0.3, -0.25) is 0 Å². The molecule has 3 aliphatic heterocycles. The lowest BCUT2D eigenvalue weighted by Gasteiger charge is -2.51. The Labute approximate surface area is 217 Å². The topological polar surface area (TPSA) is 72.1 Å². The number of ether oxygens (including phenoxy) is 1. The zero-order chi connectivity index (χ0) is 26.4. The number of oxime groups is 1. The summed E-state index contributed by atoms with van der Waals surface area (Å²) in [6.07, 6.45) is 8.14. The molecule has 1 N–H and O–H groups in total. The van der Waals surface area contributed by atoms with Crippen LogP contribution in [0.5, 0.6) is 5.75 Å². The van der Waals surface area contributed by atoms with E-state index >= 15 is 0 Å². The van der Waals surface area contributed by atoms with Gasteiger partial charge < -0.3 is 24.1 Å². The maximum Gasteiger partial charge on any atom is 0.194 e. The first-order chi connectivity index (χ1) is 18.3. The standard InChI is InChI=1S/C28H27F3N4O3/c1-17-14-34(16-32-17)23-6-5-18(11-24(23)36)10-19-4-2-8-35-26(20-12-21(29)25(31)22(30)13-20)28(38-33-27(19)35)7-3-9-37-15-28/h5-6,10-14,16,26,36H,2-4,7-9,15H2,1H3/b19-10+/t26-,28?/m0/s1. The summed E-state index contributed by atoms with van der Waals surface area (Å²) >= 11 is 0. The minimum Gasteiger partial charge on any atom is -0.506 e. The smallest absolute Gasteiger partial charge is 0.194 e. The van der Waals surface area contributed by atoms with Crippen LogP contribution in [0.4, 0.5) is 13.2 Å². The first kappa shape index (κ1) is 24.5. The molecule has 0 saturated carbocycles. The van der Waals surface area contributed by atoms with Gasteiger partial charge in [0.25, 0.3) is 0 Å². The molecule has 4 heterocycles. The molecule has 3 aromatic rings. The highest BCUT2D eigenvalue weighted by Crippen LogP contribution is 2.46. The molecule has 0 amide bonds. The molecule has 1 unspecified atom stereocenters. The van der Waals surface area contributed by atoms with E-state index in [4.69, 9.17) is 9.57 Å². The van der Waals surface area contributed by atoms with Crippen molar-refractivity contribution in [2.24, 2.45) is 5.16 Å². The summed E-state index contributed by atoms with van der Waals surface area (Å²) < 4.78 is 50.0. The molecule has 2 saturated heterocycles. The number of imidazole rings is 1. The van der Waals surface area contributed by atoms with Crippen LogP contribution in [0.1, 0.15) is 48.5 Å². The van der Waals surface area contributed by atoms with Crippen molar-refractivity contribution in [3.8, 4) is 11.4 Å². The molecule has 6 rings (SSSR count). The van der Waals surface area contributed by atoms with Crippen LogP contribution in [-0.2, 0) is 9.57 Å². The van der Waals surface area contributed by atoms with Gasteiger partial charge in [-0.2, -0.15) is 0 Å². The van der Waals surface area contributed by atoms with Crippen LogP contribution in [0.15, 0.2) is 53.6 Å². The summed E-state index contributed by atoms with van der Waals surface area (Å²) in [7, 11) is 0. The Kier molecular flexibility index (Phi) is 6.14. The summed E-state index contributed by atoms with van der Waals surface area (Å²) in [5.41, 5.74) is 2.39. The van der Waals surface area contributed by atoms with Gasteiger partial charge in [0.15, 0.2) is 28.9 Å². The lowest BCUT2D eigenvalue weighted by Crippen LogP contribution is -2.58. The van der Waals surface area contributed by atoms with Gasteiger partial charge in [0.2, 0.25) is 0 Å². The number of amidine groups is 1. The second-order valence-electron chi connectivity index (χ2n) is 10.1. The predicted molar refractivity (Wildman–Crippen MR) is 134 cm³/mol. The fraction of sp³-hybridized carbons (Fsp3) is 0.357. The number of hydrogen-bond donors (Lipinski definition) is 1. The van der Waals surface area contributed by atoms with Crippen molar-refractivity contribution in [1.29, 1.82) is 0 Å². The number of halogens is 3. The molecule has 0 bridgehead atoms. The second kappa shape index (κ2) is 9.50. The van der Waals surface area contributed by atoms with E-state index in [2.05, 4.69) is 10.1 Å². The van der Waals surface area contributed by atoms with Crippen molar-refractivity contribution < 1.29 is 27.9 Å². The molecule has 38 heavy (non-hydrogen) atoms. The number of piperidine rings is 1. The van der Waals surface area contributed by atoms with Crippen LogP contribution in [0.2, 0.25) is 0 Å². The molecule has 0 radical (unpaired) electrons. The van der Waals surface area contributed by atoms with Gasteiger partial charge >= 0.3 is 0 Å². The Bertz CT molecular complexity index is 1420. The van der Waals surface area contributed by atoms with Crippen LogP contribution in [0.3, 0.4) is 0 Å². The minimum absolute atomic E-state index is 0.0969. The van der Waals surface area contributed by atoms with E-state index in [1.807, 2.05) is 36.2 Å². The zero-order valence-corrected chi connectivity index (χ0v) is 20.8. The fourth-order valence-electron chi connectivity index (χ4n) is 5.71. The van der Waals surface area contributed by atoms with Gasteiger partial charge in [-0.15, -0.1) is 0 Å². The van der Waals surface area contributed by atoms with E-state index in [0.717, 1.165) is 35.4 Å². The van der Waals surface area contributed by atoms with Crippen LogP contribution in [0, 0.1) is 24.4 Å². The number of hydrogen-bond acceptors (Lipinski definition) is 6. The fourth-order valence-corrected chi connectivity index (χ4v) is 5.71. The lowest BCUT2D eigenvalue weighted by molar-refractivity contribution is -0.174. The lowest BCUT2D eigenvalue weighted by atomic mass is 9.81. The van der Waals surface area contributed by atoms with E-state index in [9.17, 15) is 18.3 Å². The number of phenols is 1. The number of aromatic nitrogens is 2.